The smallest absolute Gasteiger partial charge is 0.406 e. The van der Waals surface area contributed by atoms with Crippen LogP contribution in [-0.4, -0.2) is 31.9 Å². The average molecular weight is 316 g/mol. The number of ether oxygens (including phenoxy) is 1. The number of amides is 1. The van der Waals surface area contributed by atoms with Crippen LogP contribution >= 0.6 is 0 Å². The van der Waals surface area contributed by atoms with Crippen LogP contribution in [0.5, 0.6) is 5.75 Å². The summed E-state index contributed by atoms with van der Waals surface area (Å²) in [5.41, 5.74) is 0.904. The van der Waals surface area contributed by atoms with Crippen molar-refractivity contribution in [3.63, 3.8) is 0 Å². The number of hydrogen-bond donors (Lipinski definition) is 2. The highest BCUT2D eigenvalue weighted by Gasteiger charge is 2.32. The van der Waals surface area contributed by atoms with E-state index in [9.17, 15) is 18.0 Å². The molecule has 1 fully saturated rings. The maximum absolute atomic E-state index is 12.5. The maximum atomic E-state index is 12.5. The Kier molecular flexibility index (Phi) is 5.28. The van der Waals surface area contributed by atoms with E-state index >= 15 is 0 Å². The monoisotopic (exact) mass is 316 g/mol. The van der Waals surface area contributed by atoms with E-state index in [2.05, 4.69) is 15.4 Å². The zero-order valence-electron chi connectivity index (χ0n) is 12.3. The van der Waals surface area contributed by atoms with Crippen LogP contribution in [0, 0.1) is 0 Å². The first-order chi connectivity index (χ1) is 10.4. The highest BCUT2D eigenvalue weighted by Crippen LogP contribution is 2.31. The normalized spacial score (nSPS) is 16.4. The van der Waals surface area contributed by atoms with Crippen LogP contribution in [0.15, 0.2) is 18.2 Å². The SMILES string of the molecule is CCNC(=O)c1cc(OC(F)(F)F)cc(C2CCNCC2)c1. The quantitative estimate of drug-likeness (QED) is 0.898. The molecule has 0 aliphatic carbocycles. The van der Waals surface area contributed by atoms with E-state index in [1.807, 2.05) is 0 Å². The van der Waals surface area contributed by atoms with E-state index in [0.29, 0.717) is 12.1 Å². The number of benzene rings is 1. The van der Waals surface area contributed by atoms with Gasteiger partial charge < -0.3 is 15.4 Å². The maximum Gasteiger partial charge on any atom is 0.573 e. The number of halogens is 3. The molecule has 0 spiro atoms. The first-order valence-electron chi connectivity index (χ1n) is 7.28. The third-order valence-corrected chi connectivity index (χ3v) is 3.57. The Morgan fingerprint density at radius 1 is 1.32 bits per heavy atom. The molecule has 1 heterocycles. The van der Waals surface area contributed by atoms with Gasteiger partial charge in [-0.25, -0.2) is 0 Å². The van der Waals surface area contributed by atoms with Crippen LogP contribution in [0.25, 0.3) is 0 Å². The molecule has 1 saturated heterocycles. The lowest BCUT2D eigenvalue weighted by Gasteiger charge is -2.24. The number of carbonyl (C=O) groups excluding carboxylic acids is 1. The molecule has 0 unspecified atom stereocenters. The number of carbonyl (C=O) groups is 1. The minimum atomic E-state index is -4.77. The zero-order valence-corrected chi connectivity index (χ0v) is 12.3. The minimum absolute atomic E-state index is 0.131. The molecular weight excluding hydrogens is 297 g/mol. The number of alkyl halides is 3. The van der Waals surface area contributed by atoms with Gasteiger partial charge in [-0.3, -0.25) is 4.79 Å². The molecule has 1 aliphatic rings. The molecule has 1 aromatic rings. The molecule has 7 heteroatoms. The Morgan fingerprint density at radius 2 is 2.00 bits per heavy atom. The molecule has 2 N–H and O–H groups in total. The lowest BCUT2D eigenvalue weighted by molar-refractivity contribution is -0.274. The second-order valence-corrected chi connectivity index (χ2v) is 5.22. The molecule has 0 aromatic heterocycles. The van der Waals surface area contributed by atoms with Crippen LogP contribution in [0.1, 0.15) is 41.6 Å². The van der Waals surface area contributed by atoms with Crippen molar-refractivity contribution in [1.29, 1.82) is 0 Å². The fraction of sp³-hybridized carbons (Fsp3) is 0.533. The molecule has 4 nitrogen and oxygen atoms in total. The van der Waals surface area contributed by atoms with Gasteiger partial charge in [0.05, 0.1) is 0 Å². The summed E-state index contributed by atoms with van der Waals surface area (Å²) < 4.78 is 41.4. The summed E-state index contributed by atoms with van der Waals surface area (Å²) in [4.78, 5) is 11.9. The largest absolute Gasteiger partial charge is 0.573 e. The van der Waals surface area contributed by atoms with E-state index in [1.54, 1.807) is 13.0 Å². The molecule has 0 atom stereocenters. The van der Waals surface area contributed by atoms with Crippen LogP contribution in [0.3, 0.4) is 0 Å². The van der Waals surface area contributed by atoms with E-state index in [0.717, 1.165) is 32.0 Å². The predicted octanol–water partition coefficient (Wildman–Crippen LogP) is 2.80. The van der Waals surface area contributed by atoms with Crippen molar-refractivity contribution in [1.82, 2.24) is 10.6 Å². The highest BCUT2D eigenvalue weighted by atomic mass is 19.4. The van der Waals surface area contributed by atoms with Crippen molar-refractivity contribution in [2.75, 3.05) is 19.6 Å². The van der Waals surface area contributed by atoms with Gasteiger partial charge in [-0.05, 0) is 62.5 Å². The van der Waals surface area contributed by atoms with Crippen LogP contribution < -0.4 is 15.4 Å². The van der Waals surface area contributed by atoms with E-state index in [1.165, 1.54) is 6.07 Å². The van der Waals surface area contributed by atoms with Gasteiger partial charge in [0.25, 0.3) is 5.91 Å². The Hall–Kier alpha value is -1.76. The summed E-state index contributed by atoms with van der Waals surface area (Å²) in [5.74, 6) is -0.610. The van der Waals surface area contributed by atoms with Gasteiger partial charge in [0.1, 0.15) is 5.75 Å². The van der Waals surface area contributed by atoms with Crippen molar-refractivity contribution >= 4 is 5.91 Å². The van der Waals surface area contributed by atoms with Crippen LogP contribution in [0.4, 0.5) is 13.2 Å². The van der Waals surface area contributed by atoms with Crippen LogP contribution in [-0.2, 0) is 0 Å². The van der Waals surface area contributed by atoms with Gasteiger partial charge in [0.15, 0.2) is 0 Å². The van der Waals surface area contributed by atoms with Gasteiger partial charge in [0.2, 0.25) is 0 Å². The van der Waals surface area contributed by atoms with Crippen molar-refractivity contribution in [2.45, 2.75) is 32.0 Å². The van der Waals surface area contributed by atoms with E-state index in [4.69, 9.17) is 0 Å². The molecule has 122 valence electrons. The first kappa shape index (κ1) is 16.6. The fourth-order valence-electron chi connectivity index (χ4n) is 2.60. The summed E-state index contributed by atoms with van der Waals surface area (Å²) in [6.07, 6.45) is -3.13. The molecule has 0 saturated carbocycles. The standard InChI is InChI=1S/C15H19F3N2O2/c1-2-20-14(21)12-7-11(10-3-5-19-6-4-10)8-13(9-12)22-15(16,17)18/h7-10,19H,2-6H2,1H3,(H,20,21). The van der Waals surface area contributed by atoms with Crippen molar-refractivity contribution in [2.24, 2.45) is 0 Å². The fourth-order valence-corrected chi connectivity index (χ4v) is 2.60. The predicted molar refractivity (Wildman–Crippen MR) is 76.0 cm³/mol. The van der Waals surface area contributed by atoms with Gasteiger partial charge in [-0.15, -0.1) is 13.2 Å². The van der Waals surface area contributed by atoms with E-state index in [-0.39, 0.29) is 17.2 Å². The molecule has 0 radical (unpaired) electrons. The second kappa shape index (κ2) is 7.00. The number of nitrogens with one attached hydrogen (secondary N) is 2. The number of hydrogen-bond acceptors (Lipinski definition) is 3. The zero-order chi connectivity index (χ0) is 16.2. The van der Waals surface area contributed by atoms with E-state index < -0.39 is 12.3 Å². The van der Waals surface area contributed by atoms with Gasteiger partial charge in [-0.2, -0.15) is 0 Å². The molecule has 2 rings (SSSR count). The van der Waals surface area contributed by atoms with Crippen molar-refractivity contribution in [3.05, 3.63) is 29.3 Å². The lowest BCUT2D eigenvalue weighted by Crippen LogP contribution is -2.27. The average Bonchev–Trinajstić information content (AvgIpc) is 2.46. The van der Waals surface area contributed by atoms with Gasteiger partial charge in [0, 0.05) is 12.1 Å². The molecule has 0 bridgehead atoms. The van der Waals surface area contributed by atoms with Crippen molar-refractivity contribution < 1.29 is 22.7 Å². The highest BCUT2D eigenvalue weighted by molar-refractivity contribution is 5.94. The lowest BCUT2D eigenvalue weighted by atomic mass is 9.89. The topological polar surface area (TPSA) is 50.4 Å². The Labute approximate surface area is 127 Å². The number of piperidine rings is 1. The Bertz CT molecular complexity index is 526. The number of rotatable bonds is 4. The van der Waals surface area contributed by atoms with Crippen LogP contribution in [0.2, 0.25) is 0 Å². The van der Waals surface area contributed by atoms with Gasteiger partial charge >= 0.3 is 6.36 Å². The summed E-state index contributed by atoms with van der Waals surface area (Å²) in [7, 11) is 0. The Balaban J connectivity index is 2.32. The Morgan fingerprint density at radius 3 is 2.59 bits per heavy atom. The molecular formula is C15H19F3N2O2. The summed E-state index contributed by atoms with van der Waals surface area (Å²) in [6.45, 7) is 3.78. The third-order valence-electron chi connectivity index (χ3n) is 3.57. The molecule has 1 amide bonds. The second-order valence-electron chi connectivity index (χ2n) is 5.22. The minimum Gasteiger partial charge on any atom is -0.406 e. The summed E-state index contributed by atoms with van der Waals surface area (Å²) in [5, 5.41) is 5.80. The first-order valence-corrected chi connectivity index (χ1v) is 7.28. The summed E-state index contributed by atoms with van der Waals surface area (Å²) in [6, 6.07) is 4.17. The van der Waals surface area contributed by atoms with Crippen molar-refractivity contribution in [3.8, 4) is 5.75 Å². The molecule has 1 aromatic carbocycles. The molecule has 22 heavy (non-hydrogen) atoms. The molecule has 1 aliphatic heterocycles. The van der Waals surface area contributed by atoms with Gasteiger partial charge in [-0.1, -0.05) is 0 Å². The summed E-state index contributed by atoms with van der Waals surface area (Å²) >= 11 is 0. The third kappa shape index (κ3) is 4.62.